The molecule has 3 rings (SSSR count). The van der Waals surface area contributed by atoms with Crippen LogP contribution in [0, 0.1) is 6.92 Å². The molecule has 1 aliphatic rings. The lowest BCUT2D eigenvalue weighted by molar-refractivity contribution is 0.291. The molecule has 5 nitrogen and oxygen atoms in total. The molecule has 2 N–H and O–H groups in total. The first-order valence-electron chi connectivity index (χ1n) is 7.66. The highest BCUT2D eigenvalue weighted by Gasteiger charge is 2.18. The van der Waals surface area contributed by atoms with E-state index in [0.29, 0.717) is 0 Å². The summed E-state index contributed by atoms with van der Waals surface area (Å²) >= 11 is 1.75. The van der Waals surface area contributed by atoms with Crippen LogP contribution >= 0.6 is 11.3 Å². The van der Waals surface area contributed by atoms with Gasteiger partial charge in [0.25, 0.3) is 0 Å². The molecule has 0 unspecified atom stereocenters. The number of thiophene rings is 1. The zero-order chi connectivity index (χ0) is 14.7. The molecule has 1 saturated heterocycles. The van der Waals surface area contributed by atoms with Crippen molar-refractivity contribution in [2.75, 3.05) is 44.2 Å². The van der Waals surface area contributed by atoms with E-state index in [9.17, 15) is 0 Å². The molecule has 0 spiro atoms. The van der Waals surface area contributed by atoms with Crippen LogP contribution in [0.25, 0.3) is 10.2 Å². The monoisotopic (exact) mass is 305 g/mol. The minimum Gasteiger partial charge on any atom is -0.355 e. The van der Waals surface area contributed by atoms with Crippen LogP contribution in [0.2, 0.25) is 0 Å². The summed E-state index contributed by atoms with van der Waals surface area (Å²) in [5.41, 5.74) is 5.61. The summed E-state index contributed by atoms with van der Waals surface area (Å²) in [6.45, 7) is 8.38. The molecule has 0 saturated carbocycles. The summed E-state index contributed by atoms with van der Waals surface area (Å²) in [4.78, 5) is 16.3. The Hall–Kier alpha value is -1.24. The van der Waals surface area contributed by atoms with E-state index < -0.39 is 0 Å². The van der Waals surface area contributed by atoms with Gasteiger partial charge in [-0.2, -0.15) is 0 Å². The van der Waals surface area contributed by atoms with E-state index in [0.717, 1.165) is 56.3 Å². The van der Waals surface area contributed by atoms with E-state index in [4.69, 9.17) is 5.73 Å². The van der Waals surface area contributed by atoms with Gasteiger partial charge in [0, 0.05) is 24.5 Å². The summed E-state index contributed by atoms with van der Waals surface area (Å²) in [6.07, 6.45) is 3.96. The summed E-state index contributed by atoms with van der Waals surface area (Å²) < 4.78 is 0. The second-order valence-electron chi connectivity index (χ2n) is 5.60. The summed E-state index contributed by atoms with van der Waals surface area (Å²) in [6, 6.07) is 2.21. The van der Waals surface area contributed by atoms with Crippen LogP contribution in [0.1, 0.15) is 17.7 Å². The van der Waals surface area contributed by atoms with Gasteiger partial charge in [-0.3, -0.25) is 0 Å². The van der Waals surface area contributed by atoms with Crippen molar-refractivity contribution in [2.24, 2.45) is 5.73 Å². The fourth-order valence-corrected chi connectivity index (χ4v) is 3.78. The van der Waals surface area contributed by atoms with Gasteiger partial charge in [-0.15, -0.1) is 11.3 Å². The number of nitrogens with two attached hydrogens (primary N) is 1. The topological polar surface area (TPSA) is 58.3 Å². The number of hydrogen-bond acceptors (Lipinski definition) is 6. The Morgan fingerprint density at radius 1 is 1.24 bits per heavy atom. The standard InChI is InChI=1S/C15H23N5S/c1-12-10-13-14(17-11-18-15(13)21-12)20-7-3-6-19(8-9-20)5-2-4-16/h10-11H,2-9,16H2,1H3. The first-order chi connectivity index (χ1) is 10.3. The number of fused-ring (bicyclic) bond motifs is 1. The molecule has 1 aliphatic heterocycles. The van der Waals surface area contributed by atoms with Crippen molar-refractivity contribution in [1.29, 1.82) is 0 Å². The Kier molecular flexibility index (Phi) is 4.67. The lowest BCUT2D eigenvalue weighted by Gasteiger charge is -2.23. The van der Waals surface area contributed by atoms with E-state index in [2.05, 4.69) is 32.8 Å². The molecule has 0 radical (unpaired) electrons. The minimum atomic E-state index is 0.779. The van der Waals surface area contributed by atoms with Crippen LogP contribution in [0.3, 0.4) is 0 Å². The van der Waals surface area contributed by atoms with Crippen LogP contribution in [0.4, 0.5) is 5.82 Å². The van der Waals surface area contributed by atoms with Crippen molar-refractivity contribution in [3.63, 3.8) is 0 Å². The molecule has 0 aromatic carbocycles. The quantitative estimate of drug-likeness (QED) is 0.934. The Bertz CT molecular complexity index is 597. The molecule has 114 valence electrons. The van der Waals surface area contributed by atoms with Gasteiger partial charge in [-0.05, 0) is 45.5 Å². The van der Waals surface area contributed by atoms with Crippen molar-refractivity contribution < 1.29 is 0 Å². The molecular weight excluding hydrogens is 282 g/mol. The van der Waals surface area contributed by atoms with E-state index in [1.54, 1.807) is 17.7 Å². The molecule has 2 aromatic rings. The highest BCUT2D eigenvalue weighted by molar-refractivity contribution is 7.18. The Morgan fingerprint density at radius 2 is 2.14 bits per heavy atom. The molecule has 6 heteroatoms. The predicted octanol–water partition coefficient (Wildman–Crippen LogP) is 1.86. The maximum absolute atomic E-state index is 5.61. The lowest BCUT2D eigenvalue weighted by atomic mass is 10.3. The average molecular weight is 305 g/mol. The zero-order valence-corrected chi connectivity index (χ0v) is 13.4. The predicted molar refractivity (Wildman–Crippen MR) is 89.1 cm³/mol. The zero-order valence-electron chi connectivity index (χ0n) is 12.6. The molecule has 0 amide bonds. The molecule has 1 fully saturated rings. The smallest absolute Gasteiger partial charge is 0.140 e. The fraction of sp³-hybridized carbons (Fsp3) is 0.600. The maximum atomic E-state index is 5.61. The van der Waals surface area contributed by atoms with E-state index in [1.807, 2.05) is 0 Å². The second kappa shape index (κ2) is 6.68. The summed E-state index contributed by atoms with van der Waals surface area (Å²) in [7, 11) is 0. The van der Waals surface area contributed by atoms with Crippen LogP contribution < -0.4 is 10.6 Å². The minimum absolute atomic E-state index is 0.779. The average Bonchev–Trinajstić information content (AvgIpc) is 2.72. The number of hydrogen-bond donors (Lipinski definition) is 1. The van der Waals surface area contributed by atoms with E-state index in [-0.39, 0.29) is 0 Å². The number of nitrogens with zero attached hydrogens (tertiary/aromatic N) is 4. The van der Waals surface area contributed by atoms with Crippen molar-refractivity contribution in [1.82, 2.24) is 14.9 Å². The third-order valence-corrected chi connectivity index (χ3v) is 4.96. The van der Waals surface area contributed by atoms with Crippen LogP contribution in [-0.2, 0) is 0 Å². The summed E-state index contributed by atoms with van der Waals surface area (Å²) in [5.74, 6) is 1.10. The van der Waals surface area contributed by atoms with Crippen LogP contribution in [-0.4, -0.2) is 54.1 Å². The van der Waals surface area contributed by atoms with Gasteiger partial charge < -0.3 is 15.5 Å². The molecule has 21 heavy (non-hydrogen) atoms. The van der Waals surface area contributed by atoms with Crippen molar-refractivity contribution in [2.45, 2.75) is 19.8 Å². The van der Waals surface area contributed by atoms with E-state index in [1.165, 1.54) is 16.7 Å². The van der Waals surface area contributed by atoms with E-state index >= 15 is 0 Å². The SMILES string of the molecule is Cc1cc2c(N3CCCN(CCCN)CC3)ncnc2s1. The number of aryl methyl sites for hydroxylation is 1. The van der Waals surface area contributed by atoms with Crippen molar-refractivity contribution in [3.8, 4) is 0 Å². The first-order valence-corrected chi connectivity index (χ1v) is 8.48. The Morgan fingerprint density at radius 3 is 3.00 bits per heavy atom. The molecule has 0 atom stereocenters. The van der Waals surface area contributed by atoms with Gasteiger partial charge in [0.2, 0.25) is 0 Å². The molecular formula is C15H23N5S. The van der Waals surface area contributed by atoms with Gasteiger partial charge in [0.05, 0.1) is 5.39 Å². The molecule has 0 aliphatic carbocycles. The number of aromatic nitrogens is 2. The second-order valence-corrected chi connectivity index (χ2v) is 6.83. The van der Waals surface area contributed by atoms with Gasteiger partial charge in [0.1, 0.15) is 17.0 Å². The largest absolute Gasteiger partial charge is 0.355 e. The number of rotatable bonds is 4. The normalized spacial score (nSPS) is 17.3. The third-order valence-electron chi connectivity index (χ3n) is 4.00. The molecule has 3 heterocycles. The van der Waals surface area contributed by atoms with Crippen molar-refractivity contribution >= 4 is 27.4 Å². The van der Waals surface area contributed by atoms with Crippen LogP contribution in [0.5, 0.6) is 0 Å². The number of anilines is 1. The fourth-order valence-electron chi connectivity index (χ4n) is 2.94. The molecule has 0 bridgehead atoms. The Labute approximate surface area is 129 Å². The van der Waals surface area contributed by atoms with Gasteiger partial charge >= 0.3 is 0 Å². The lowest BCUT2D eigenvalue weighted by Crippen LogP contribution is -2.32. The highest BCUT2D eigenvalue weighted by Crippen LogP contribution is 2.30. The van der Waals surface area contributed by atoms with Crippen molar-refractivity contribution in [3.05, 3.63) is 17.3 Å². The van der Waals surface area contributed by atoms with Gasteiger partial charge in [0.15, 0.2) is 0 Å². The summed E-state index contributed by atoms with van der Waals surface area (Å²) in [5, 5.41) is 1.20. The third kappa shape index (κ3) is 3.33. The van der Waals surface area contributed by atoms with Crippen LogP contribution in [0.15, 0.2) is 12.4 Å². The van der Waals surface area contributed by atoms with Gasteiger partial charge in [-0.1, -0.05) is 0 Å². The Balaban J connectivity index is 1.76. The highest BCUT2D eigenvalue weighted by atomic mass is 32.1. The maximum Gasteiger partial charge on any atom is 0.140 e. The van der Waals surface area contributed by atoms with Gasteiger partial charge in [-0.25, -0.2) is 9.97 Å². The molecule has 2 aromatic heterocycles. The first kappa shape index (κ1) is 14.7.